The van der Waals surface area contributed by atoms with Crippen molar-refractivity contribution in [3.05, 3.63) is 53.7 Å². The van der Waals surface area contributed by atoms with E-state index in [0.29, 0.717) is 17.7 Å². The van der Waals surface area contributed by atoms with Crippen LogP contribution in [0.3, 0.4) is 0 Å². The first-order valence-corrected chi connectivity index (χ1v) is 5.37. The Morgan fingerprint density at radius 1 is 1.47 bits per heavy atom. The summed E-state index contributed by atoms with van der Waals surface area (Å²) in [6.07, 6.45) is 2.25. The van der Waals surface area contributed by atoms with E-state index in [4.69, 9.17) is 0 Å². The fraction of sp³-hybridized carbons (Fsp3) is 0.143. The highest BCUT2D eigenvalue weighted by Gasteiger charge is 2.16. The number of aromatic nitrogens is 1. The lowest BCUT2D eigenvalue weighted by Crippen LogP contribution is -2.07. The van der Waals surface area contributed by atoms with Crippen molar-refractivity contribution >= 4 is 16.9 Å². The number of rotatable bonds is 3. The van der Waals surface area contributed by atoms with E-state index in [2.05, 4.69) is 11.6 Å². The Balaban J connectivity index is 2.87. The van der Waals surface area contributed by atoms with E-state index in [9.17, 15) is 9.90 Å². The number of fused-ring (bicyclic) bond motifs is 1. The molecule has 86 valence electrons. The minimum atomic E-state index is -0.933. The van der Waals surface area contributed by atoms with Gasteiger partial charge < -0.3 is 5.11 Å². The molecule has 0 radical (unpaired) electrons. The van der Waals surface area contributed by atoms with E-state index in [1.165, 1.54) is 0 Å². The molecule has 2 aromatic rings. The Morgan fingerprint density at radius 2 is 2.18 bits per heavy atom. The lowest BCUT2D eigenvalue weighted by atomic mass is 9.98. The maximum Gasteiger partial charge on any atom is 0.337 e. The number of carbonyl (C=O) groups is 1. The third-order valence-corrected chi connectivity index (χ3v) is 2.74. The molecule has 17 heavy (non-hydrogen) atoms. The number of aryl methyl sites for hydroxylation is 1. The standard InChI is InChI=1S/C14H13NO2/c1-3-6-11-10-7-4-5-8-12(10)15-9(2)13(11)14(16)17/h3-5,7-8H,1,6H2,2H3,(H,16,17). The molecule has 0 aliphatic rings. The van der Waals surface area contributed by atoms with Crippen molar-refractivity contribution in [1.29, 1.82) is 0 Å². The van der Waals surface area contributed by atoms with E-state index >= 15 is 0 Å². The Kier molecular flexibility index (Phi) is 2.91. The summed E-state index contributed by atoms with van der Waals surface area (Å²) in [4.78, 5) is 15.6. The first-order valence-electron chi connectivity index (χ1n) is 5.37. The van der Waals surface area contributed by atoms with Gasteiger partial charge in [-0.3, -0.25) is 4.98 Å². The van der Waals surface area contributed by atoms with Gasteiger partial charge in [0.1, 0.15) is 0 Å². The summed E-state index contributed by atoms with van der Waals surface area (Å²) in [6.45, 7) is 5.40. The van der Waals surface area contributed by atoms with Crippen molar-refractivity contribution in [1.82, 2.24) is 4.98 Å². The second-order valence-corrected chi connectivity index (χ2v) is 3.87. The molecule has 0 atom stereocenters. The highest BCUT2D eigenvalue weighted by molar-refractivity contribution is 5.97. The maximum absolute atomic E-state index is 11.3. The van der Waals surface area contributed by atoms with Crippen LogP contribution >= 0.6 is 0 Å². The van der Waals surface area contributed by atoms with Crippen molar-refractivity contribution in [3.63, 3.8) is 0 Å². The van der Waals surface area contributed by atoms with Crippen LogP contribution in [-0.2, 0) is 6.42 Å². The molecule has 0 unspecified atom stereocenters. The fourth-order valence-electron chi connectivity index (χ4n) is 2.06. The van der Waals surface area contributed by atoms with Gasteiger partial charge in [-0.25, -0.2) is 4.79 Å². The second-order valence-electron chi connectivity index (χ2n) is 3.87. The molecular formula is C14H13NO2. The van der Waals surface area contributed by atoms with Crippen LogP contribution in [0.2, 0.25) is 0 Å². The van der Waals surface area contributed by atoms with Crippen molar-refractivity contribution in [3.8, 4) is 0 Å². The highest BCUT2D eigenvalue weighted by Crippen LogP contribution is 2.24. The summed E-state index contributed by atoms with van der Waals surface area (Å²) >= 11 is 0. The largest absolute Gasteiger partial charge is 0.478 e. The van der Waals surface area contributed by atoms with Crippen molar-refractivity contribution in [2.24, 2.45) is 0 Å². The summed E-state index contributed by atoms with van der Waals surface area (Å²) in [7, 11) is 0. The van der Waals surface area contributed by atoms with Crippen molar-refractivity contribution in [2.75, 3.05) is 0 Å². The van der Waals surface area contributed by atoms with Gasteiger partial charge in [-0.15, -0.1) is 6.58 Å². The summed E-state index contributed by atoms with van der Waals surface area (Å²) in [5.74, 6) is -0.933. The Hall–Kier alpha value is -2.16. The minimum Gasteiger partial charge on any atom is -0.478 e. The van der Waals surface area contributed by atoms with Gasteiger partial charge in [-0.2, -0.15) is 0 Å². The number of hydrogen-bond donors (Lipinski definition) is 1. The average Bonchev–Trinajstić information content (AvgIpc) is 2.28. The first kappa shape index (κ1) is 11.3. The smallest absolute Gasteiger partial charge is 0.337 e. The molecule has 0 spiro atoms. The SMILES string of the molecule is C=CCc1c(C(=O)O)c(C)nc2ccccc12. The predicted octanol–water partition coefficient (Wildman–Crippen LogP) is 2.97. The average molecular weight is 227 g/mol. The molecule has 1 aromatic carbocycles. The number of para-hydroxylation sites is 1. The number of carboxylic acid groups (broad SMARTS) is 1. The van der Waals surface area contributed by atoms with Gasteiger partial charge in [-0.05, 0) is 25.0 Å². The predicted molar refractivity (Wildman–Crippen MR) is 67.3 cm³/mol. The first-order chi connectivity index (χ1) is 8.15. The van der Waals surface area contributed by atoms with Crippen LogP contribution in [0.4, 0.5) is 0 Å². The molecule has 3 heteroatoms. The van der Waals surface area contributed by atoms with Gasteiger partial charge in [0.25, 0.3) is 0 Å². The highest BCUT2D eigenvalue weighted by atomic mass is 16.4. The van der Waals surface area contributed by atoms with Gasteiger partial charge >= 0.3 is 5.97 Å². The van der Waals surface area contributed by atoms with E-state index in [0.717, 1.165) is 16.5 Å². The van der Waals surface area contributed by atoms with Crippen LogP contribution < -0.4 is 0 Å². The lowest BCUT2D eigenvalue weighted by molar-refractivity contribution is 0.0695. The quantitative estimate of drug-likeness (QED) is 0.820. The van der Waals surface area contributed by atoms with Gasteiger partial charge in [0.15, 0.2) is 0 Å². The Bertz CT molecular complexity index is 602. The fourth-order valence-corrected chi connectivity index (χ4v) is 2.06. The van der Waals surface area contributed by atoms with Crippen LogP contribution in [0.5, 0.6) is 0 Å². The molecule has 0 aliphatic carbocycles. The van der Waals surface area contributed by atoms with Crippen LogP contribution in [0.15, 0.2) is 36.9 Å². The molecule has 1 heterocycles. The number of nitrogens with zero attached hydrogens (tertiary/aromatic N) is 1. The van der Waals surface area contributed by atoms with E-state index < -0.39 is 5.97 Å². The number of carboxylic acids is 1. The van der Waals surface area contributed by atoms with Crippen molar-refractivity contribution < 1.29 is 9.90 Å². The van der Waals surface area contributed by atoms with E-state index in [1.807, 2.05) is 24.3 Å². The Morgan fingerprint density at radius 3 is 2.82 bits per heavy atom. The monoisotopic (exact) mass is 227 g/mol. The molecule has 0 amide bonds. The topological polar surface area (TPSA) is 50.2 Å². The van der Waals surface area contributed by atoms with Gasteiger partial charge in [0, 0.05) is 5.39 Å². The molecule has 1 N–H and O–H groups in total. The molecule has 3 nitrogen and oxygen atoms in total. The summed E-state index contributed by atoms with van der Waals surface area (Å²) < 4.78 is 0. The van der Waals surface area contributed by atoms with Crippen molar-refractivity contribution in [2.45, 2.75) is 13.3 Å². The summed E-state index contributed by atoms with van der Waals surface area (Å²) in [5, 5.41) is 10.1. The number of hydrogen-bond acceptors (Lipinski definition) is 2. The van der Waals surface area contributed by atoms with Crippen LogP contribution in [-0.4, -0.2) is 16.1 Å². The van der Waals surface area contributed by atoms with Crippen LogP contribution in [0.25, 0.3) is 10.9 Å². The number of allylic oxidation sites excluding steroid dienone is 1. The molecule has 1 aromatic heterocycles. The second kappa shape index (κ2) is 4.37. The van der Waals surface area contributed by atoms with Gasteiger partial charge in [0.2, 0.25) is 0 Å². The summed E-state index contributed by atoms with van der Waals surface area (Å²) in [6, 6.07) is 7.57. The van der Waals surface area contributed by atoms with E-state index in [-0.39, 0.29) is 0 Å². The number of aromatic carboxylic acids is 1. The van der Waals surface area contributed by atoms with Crippen LogP contribution in [0.1, 0.15) is 21.6 Å². The molecule has 0 aliphatic heterocycles. The molecule has 0 saturated heterocycles. The molecule has 0 fully saturated rings. The normalized spacial score (nSPS) is 10.4. The van der Waals surface area contributed by atoms with Gasteiger partial charge in [0.05, 0.1) is 16.8 Å². The number of benzene rings is 1. The molecule has 0 saturated carbocycles. The third-order valence-electron chi connectivity index (χ3n) is 2.74. The zero-order valence-corrected chi connectivity index (χ0v) is 9.60. The lowest BCUT2D eigenvalue weighted by Gasteiger charge is -2.10. The number of pyridine rings is 1. The molecule has 2 rings (SSSR count). The minimum absolute atomic E-state index is 0.295. The maximum atomic E-state index is 11.3. The van der Waals surface area contributed by atoms with Gasteiger partial charge in [-0.1, -0.05) is 24.3 Å². The third kappa shape index (κ3) is 1.91. The zero-order chi connectivity index (χ0) is 12.4. The molecule has 0 bridgehead atoms. The Labute approximate surface area is 99.4 Å². The van der Waals surface area contributed by atoms with E-state index in [1.54, 1.807) is 13.0 Å². The summed E-state index contributed by atoms with van der Waals surface area (Å²) in [5.41, 5.74) is 2.46. The van der Waals surface area contributed by atoms with Crippen LogP contribution in [0, 0.1) is 6.92 Å². The zero-order valence-electron chi connectivity index (χ0n) is 9.60. The molecular weight excluding hydrogens is 214 g/mol.